The highest BCUT2D eigenvalue weighted by Gasteiger charge is 2.38. The zero-order chi connectivity index (χ0) is 18.6. The highest BCUT2D eigenvalue weighted by atomic mass is 19.4. The molecule has 5 nitrogen and oxygen atoms in total. The summed E-state index contributed by atoms with van der Waals surface area (Å²) in [6.07, 6.45) is -3.62. The normalized spacial score (nSPS) is 20.1. The number of aromatic nitrogens is 1. The molecule has 0 fully saturated rings. The Kier molecular flexibility index (Phi) is 3.63. The van der Waals surface area contributed by atoms with E-state index in [1.807, 2.05) is 0 Å². The minimum absolute atomic E-state index is 0.0275. The van der Waals surface area contributed by atoms with E-state index in [2.05, 4.69) is 4.99 Å². The Morgan fingerprint density at radius 2 is 2.00 bits per heavy atom. The number of hydrogen-bond donors (Lipinski definition) is 2. The number of rotatable bonds is 2. The molecule has 0 saturated carbocycles. The van der Waals surface area contributed by atoms with Crippen LogP contribution in [0.25, 0.3) is 0 Å². The Balaban J connectivity index is 2.11. The second-order valence-electron chi connectivity index (χ2n) is 6.07. The van der Waals surface area contributed by atoms with Gasteiger partial charge in [-0.3, -0.25) is 9.79 Å². The van der Waals surface area contributed by atoms with E-state index in [4.69, 9.17) is 11.5 Å². The summed E-state index contributed by atoms with van der Waals surface area (Å²) in [6, 6.07) is 4.43. The van der Waals surface area contributed by atoms with Gasteiger partial charge in [-0.15, -0.1) is 0 Å². The van der Waals surface area contributed by atoms with Crippen molar-refractivity contribution in [3.05, 3.63) is 58.7 Å². The molecule has 2 aromatic rings. The molecule has 1 aromatic carbocycles. The molecule has 9 heteroatoms. The van der Waals surface area contributed by atoms with Gasteiger partial charge in [0.05, 0.1) is 17.8 Å². The number of alkyl halides is 3. The monoisotopic (exact) mass is 354 g/mol. The van der Waals surface area contributed by atoms with Crippen molar-refractivity contribution in [2.24, 2.45) is 16.5 Å². The Morgan fingerprint density at radius 3 is 2.60 bits per heavy atom. The summed E-state index contributed by atoms with van der Waals surface area (Å²) in [6.45, 7) is 1.46. The molecule has 1 aliphatic rings. The van der Waals surface area contributed by atoms with Crippen molar-refractivity contribution in [2.75, 3.05) is 0 Å². The van der Waals surface area contributed by atoms with Crippen LogP contribution in [0, 0.1) is 5.82 Å². The first kappa shape index (κ1) is 17.0. The van der Waals surface area contributed by atoms with Gasteiger partial charge < -0.3 is 16.0 Å². The fraction of sp³-hybridized carbons (Fsp3) is 0.250. The summed E-state index contributed by atoms with van der Waals surface area (Å²) in [7, 11) is 0. The molecule has 0 bridgehead atoms. The van der Waals surface area contributed by atoms with Crippen LogP contribution in [0.4, 0.5) is 17.6 Å². The molecule has 3 rings (SSSR count). The summed E-state index contributed by atoms with van der Waals surface area (Å²) in [5.41, 5.74) is 9.08. The van der Waals surface area contributed by atoms with Gasteiger partial charge in [0.2, 0.25) is 5.91 Å². The van der Waals surface area contributed by atoms with E-state index in [9.17, 15) is 22.4 Å². The summed E-state index contributed by atoms with van der Waals surface area (Å²) in [5, 5.41) is 0. The highest BCUT2D eigenvalue weighted by Crippen LogP contribution is 2.37. The van der Waals surface area contributed by atoms with Gasteiger partial charge >= 0.3 is 6.18 Å². The molecule has 0 spiro atoms. The maximum atomic E-state index is 14.3. The van der Waals surface area contributed by atoms with Crippen LogP contribution in [0.5, 0.6) is 0 Å². The lowest BCUT2D eigenvalue weighted by Gasteiger charge is -2.32. The van der Waals surface area contributed by atoms with Crippen LogP contribution >= 0.6 is 0 Å². The van der Waals surface area contributed by atoms with Crippen LogP contribution in [0.2, 0.25) is 0 Å². The quantitative estimate of drug-likeness (QED) is 0.812. The second kappa shape index (κ2) is 5.33. The average Bonchev–Trinajstić information content (AvgIpc) is 2.91. The smallest absolute Gasteiger partial charge is 0.382 e. The van der Waals surface area contributed by atoms with Crippen molar-refractivity contribution >= 4 is 11.7 Å². The number of carbonyl (C=O) groups is 1. The van der Waals surface area contributed by atoms with Gasteiger partial charge in [0.1, 0.15) is 17.2 Å². The van der Waals surface area contributed by atoms with Crippen molar-refractivity contribution in [3.8, 4) is 0 Å². The molecule has 1 aliphatic heterocycles. The van der Waals surface area contributed by atoms with E-state index in [0.717, 1.165) is 18.3 Å². The third kappa shape index (κ3) is 2.86. The van der Waals surface area contributed by atoms with Gasteiger partial charge in [0.25, 0.3) is 0 Å². The molecule has 0 aliphatic carbocycles. The first-order valence-electron chi connectivity index (χ1n) is 7.24. The minimum Gasteiger partial charge on any atom is -0.382 e. The van der Waals surface area contributed by atoms with E-state index >= 15 is 0 Å². The van der Waals surface area contributed by atoms with E-state index in [1.165, 1.54) is 23.6 Å². The number of aliphatic imine (C=N–C) groups is 1. The van der Waals surface area contributed by atoms with Crippen molar-refractivity contribution < 1.29 is 22.4 Å². The van der Waals surface area contributed by atoms with Crippen molar-refractivity contribution in [1.29, 1.82) is 0 Å². The number of fused-ring (bicyclic) bond motifs is 1. The molecular weight excluding hydrogens is 340 g/mol. The number of carbonyl (C=O) groups excluding carboxylic acids is 1. The van der Waals surface area contributed by atoms with Gasteiger partial charge in [-0.05, 0) is 31.2 Å². The number of amides is 1. The molecule has 0 radical (unpaired) electrons. The number of nitrogens with two attached hydrogens (primary N) is 2. The second-order valence-corrected chi connectivity index (χ2v) is 6.07. The van der Waals surface area contributed by atoms with Crippen molar-refractivity contribution in [3.63, 3.8) is 0 Å². The van der Waals surface area contributed by atoms with Crippen LogP contribution in [-0.2, 0) is 18.3 Å². The summed E-state index contributed by atoms with van der Waals surface area (Å²) < 4.78 is 54.3. The van der Waals surface area contributed by atoms with E-state index in [0.29, 0.717) is 0 Å². The van der Waals surface area contributed by atoms with Gasteiger partial charge in [0, 0.05) is 17.3 Å². The molecule has 0 saturated heterocycles. The standard InChI is InChI=1S/C16H14F4N4O/c1-15(10-4-8(14(22)25)2-3-11(10)17)7-24-6-9(16(18,19)20)5-12(24)13(21)23-15/h2-6H,7H2,1H3,(H2,21,23)(H2,22,25). The van der Waals surface area contributed by atoms with E-state index in [-0.39, 0.29) is 29.2 Å². The fourth-order valence-electron chi connectivity index (χ4n) is 2.94. The predicted molar refractivity (Wildman–Crippen MR) is 82.4 cm³/mol. The summed E-state index contributed by atoms with van der Waals surface area (Å²) in [4.78, 5) is 15.5. The number of hydrogen-bond acceptors (Lipinski definition) is 3. The first-order chi connectivity index (χ1) is 11.5. The molecule has 25 heavy (non-hydrogen) atoms. The largest absolute Gasteiger partial charge is 0.417 e. The van der Waals surface area contributed by atoms with Gasteiger partial charge in [0.15, 0.2) is 0 Å². The summed E-state index contributed by atoms with van der Waals surface area (Å²) >= 11 is 0. The van der Waals surface area contributed by atoms with Crippen LogP contribution < -0.4 is 11.5 Å². The Labute approximate surface area is 139 Å². The molecule has 1 aromatic heterocycles. The Morgan fingerprint density at radius 1 is 1.32 bits per heavy atom. The molecular formula is C16H14F4N4O. The van der Waals surface area contributed by atoms with Gasteiger partial charge in [-0.1, -0.05) is 0 Å². The molecule has 1 atom stereocenters. The first-order valence-corrected chi connectivity index (χ1v) is 7.24. The topological polar surface area (TPSA) is 86.4 Å². The zero-order valence-electron chi connectivity index (χ0n) is 13.1. The summed E-state index contributed by atoms with van der Waals surface area (Å²) in [5.74, 6) is -1.55. The van der Waals surface area contributed by atoms with Crippen molar-refractivity contribution in [2.45, 2.75) is 25.2 Å². The third-order valence-electron chi connectivity index (χ3n) is 4.16. The zero-order valence-corrected chi connectivity index (χ0v) is 13.1. The van der Waals surface area contributed by atoms with E-state index in [1.54, 1.807) is 0 Å². The SMILES string of the molecule is CC1(c2cc(C(N)=O)ccc2F)Cn2cc(C(F)(F)F)cc2C(N)=N1. The van der Waals surface area contributed by atoms with Crippen LogP contribution in [0.15, 0.2) is 35.5 Å². The Hall–Kier alpha value is -2.84. The van der Waals surface area contributed by atoms with E-state index < -0.39 is 29.0 Å². The number of nitrogens with zero attached hydrogens (tertiary/aromatic N) is 2. The molecule has 1 amide bonds. The number of halogens is 4. The Bertz CT molecular complexity index is 900. The lowest BCUT2D eigenvalue weighted by Crippen LogP contribution is -2.37. The molecule has 1 unspecified atom stereocenters. The lowest BCUT2D eigenvalue weighted by atomic mass is 9.89. The highest BCUT2D eigenvalue weighted by molar-refractivity contribution is 5.97. The number of primary amides is 1. The van der Waals surface area contributed by atoms with Crippen LogP contribution in [0.1, 0.15) is 34.1 Å². The van der Waals surface area contributed by atoms with Gasteiger partial charge in [-0.2, -0.15) is 13.2 Å². The van der Waals surface area contributed by atoms with Crippen molar-refractivity contribution in [1.82, 2.24) is 4.57 Å². The van der Waals surface area contributed by atoms with Gasteiger partial charge in [-0.25, -0.2) is 4.39 Å². The van der Waals surface area contributed by atoms with Crippen LogP contribution in [-0.4, -0.2) is 16.3 Å². The molecule has 132 valence electrons. The average molecular weight is 354 g/mol. The predicted octanol–water partition coefficient (Wildman–Crippen LogP) is 2.38. The number of benzene rings is 1. The van der Waals surface area contributed by atoms with Crippen LogP contribution in [0.3, 0.4) is 0 Å². The maximum absolute atomic E-state index is 14.3. The fourth-order valence-corrected chi connectivity index (χ4v) is 2.94. The lowest BCUT2D eigenvalue weighted by molar-refractivity contribution is -0.137. The molecule has 4 N–H and O–H groups in total. The molecule has 2 heterocycles. The number of amidine groups is 1. The minimum atomic E-state index is -4.53. The maximum Gasteiger partial charge on any atom is 0.417 e. The third-order valence-corrected chi connectivity index (χ3v) is 4.16.